The molecular formula is C17H26ClN3O3. The van der Waals surface area contributed by atoms with Crippen LogP contribution >= 0.6 is 12.4 Å². The number of hydrogen-bond acceptors (Lipinski definition) is 4. The van der Waals surface area contributed by atoms with Crippen molar-refractivity contribution >= 4 is 29.9 Å². The van der Waals surface area contributed by atoms with Crippen LogP contribution in [0, 0.1) is 0 Å². The van der Waals surface area contributed by atoms with Crippen molar-refractivity contribution in [3.8, 4) is 0 Å². The van der Waals surface area contributed by atoms with E-state index in [-0.39, 0.29) is 35.9 Å². The first-order valence-corrected chi connectivity index (χ1v) is 7.88. The third kappa shape index (κ3) is 6.86. The second-order valence-corrected chi connectivity index (χ2v) is 6.73. The first kappa shape index (κ1) is 20.4. The molecule has 1 atom stereocenters. The number of anilines is 1. The van der Waals surface area contributed by atoms with Gasteiger partial charge in [0.1, 0.15) is 0 Å². The maximum Gasteiger partial charge on any atom is 0.251 e. The van der Waals surface area contributed by atoms with Crippen LogP contribution in [0.2, 0.25) is 0 Å². The van der Waals surface area contributed by atoms with Crippen LogP contribution < -0.4 is 16.0 Å². The molecule has 2 amide bonds. The quantitative estimate of drug-likeness (QED) is 0.771. The van der Waals surface area contributed by atoms with Crippen LogP contribution in [0.1, 0.15) is 37.6 Å². The normalized spacial score (nSPS) is 17.5. The van der Waals surface area contributed by atoms with Gasteiger partial charge in [0, 0.05) is 29.9 Å². The maximum atomic E-state index is 12.0. The van der Waals surface area contributed by atoms with Gasteiger partial charge in [-0.25, -0.2) is 0 Å². The zero-order chi connectivity index (χ0) is 16.9. The molecule has 24 heavy (non-hydrogen) atoms. The number of nitrogens with one attached hydrogen (secondary N) is 3. The van der Waals surface area contributed by atoms with Crippen LogP contribution in [0.5, 0.6) is 0 Å². The third-order valence-electron chi connectivity index (χ3n) is 3.34. The molecule has 0 saturated carbocycles. The Bertz CT molecular complexity index is 549. The molecule has 3 N–H and O–H groups in total. The number of morpholine rings is 1. The first-order valence-electron chi connectivity index (χ1n) is 7.88. The Balaban J connectivity index is 0.00000288. The highest BCUT2D eigenvalue weighted by Crippen LogP contribution is 2.12. The van der Waals surface area contributed by atoms with Gasteiger partial charge >= 0.3 is 0 Å². The Morgan fingerprint density at radius 2 is 1.92 bits per heavy atom. The lowest BCUT2D eigenvalue weighted by Crippen LogP contribution is -2.40. The van der Waals surface area contributed by atoms with Crippen molar-refractivity contribution in [3.05, 3.63) is 29.8 Å². The summed E-state index contributed by atoms with van der Waals surface area (Å²) in [6.45, 7) is 7.95. The zero-order valence-corrected chi connectivity index (χ0v) is 15.2. The van der Waals surface area contributed by atoms with E-state index in [9.17, 15) is 9.59 Å². The second kappa shape index (κ2) is 9.01. The summed E-state index contributed by atoms with van der Waals surface area (Å²) < 4.78 is 5.51. The van der Waals surface area contributed by atoms with Crippen molar-refractivity contribution in [1.82, 2.24) is 10.6 Å². The minimum atomic E-state index is -0.280. The van der Waals surface area contributed by atoms with E-state index < -0.39 is 0 Å². The zero-order valence-electron chi connectivity index (χ0n) is 14.3. The van der Waals surface area contributed by atoms with Crippen LogP contribution in [0.15, 0.2) is 24.3 Å². The number of benzene rings is 1. The van der Waals surface area contributed by atoms with E-state index >= 15 is 0 Å². The van der Waals surface area contributed by atoms with Crippen LogP contribution in [0.25, 0.3) is 0 Å². The van der Waals surface area contributed by atoms with Crippen molar-refractivity contribution in [3.63, 3.8) is 0 Å². The van der Waals surface area contributed by atoms with Gasteiger partial charge in [-0.1, -0.05) is 0 Å². The third-order valence-corrected chi connectivity index (χ3v) is 3.34. The van der Waals surface area contributed by atoms with Crippen LogP contribution in [-0.4, -0.2) is 43.2 Å². The van der Waals surface area contributed by atoms with Gasteiger partial charge in [0.2, 0.25) is 5.91 Å². The molecule has 7 heteroatoms. The van der Waals surface area contributed by atoms with Crippen LogP contribution in [0.3, 0.4) is 0 Å². The summed E-state index contributed by atoms with van der Waals surface area (Å²) in [5.41, 5.74) is 0.960. The fourth-order valence-electron chi connectivity index (χ4n) is 2.29. The molecule has 0 bridgehead atoms. The van der Waals surface area contributed by atoms with E-state index in [0.29, 0.717) is 30.8 Å². The van der Waals surface area contributed by atoms with E-state index in [2.05, 4.69) is 16.0 Å². The summed E-state index contributed by atoms with van der Waals surface area (Å²) >= 11 is 0. The molecule has 1 saturated heterocycles. The smallest absolute Gasteiger partial charge is 0.251 e. The molecule has 2 rings (SSSR count). The van der Waals surface area contributed by atoms with Gasteiger partial charge in [0.15, 0.2) is 0 Å². The highest BCUT2D eigenvalue weighted by molar-refractivity contribution is 5.96. The predicted molar refractivity (Wildman–Crippen MR) is 96.8 cm³/mol. The largest absolute Gasteiger partial charge is 0.375 e. The van der Waals surface area contributed by atoms with E-state index in [1.54, 1.807) is 24.3 Å². The molecule has 1 aliphatic heterocycles. The summed E-state index contributed by atoms with van der Waals surface area (Å²) in [6.07, 6.45) is 0.236. The van der Waals surface area contributed by atoms with Gasteiger partial charge in [0.25, 0.3) is 5.91 Å². The Kier molecular flexibility index (Phi) is 7.66. The van der Waals surface area contributed by atoms with E-state index in [4.69, 9.17) is 4.74 Å². The lowest BCUT2D eigenvalue weighted by molar-refractivity contribution is -0.119. The molecule has 0 radical (unpaired) electrons. The number of amides is 2. The number of halogens is 1. The van der Waals surface area contributed by atoms with Gasteiger partial charge in [-0.2, -0.15) is 0 Å². The Morgan fingerprint density at radius 1 is 1.25 bits per heavy atom. The average molecular weight is 356 g/mol. The molecule has 0 aliphatic carbocycles. The highest BCUT2D eigenvalue weighted by atomic mass is 35.5. The van der Waals surface area contributed by atoms with Crippen molar-refractivity contribution in [1.29, 1.82) is 0 Å². The Morgan fingerprint density at radius 3 is 2.46 bits per heavy atom. The molecule has 1 heterocycles. The molecule has 1 aromatic rings. The van der Waals surface area contributed by atoms with E-state index in [0.717, 1.165) is 6.54 Å². The summed E-state index contributed by atoms with van der Waals surface area (Å²) in [6, 6.07) is 6.87. The molecule has 6 nitrogen and oxygen atoms in total. The van der Waals surface area contributed by atoms with Gasteiger partial charge in [-0.3, -0.25) is 9.59 Å². The molecule has 1 unspecified atom stereocenters. The summed E-state index contributed by atoms with van der Waals surface area (Å²) in [5.74, 6) is -0.220. The monoisotopic (exact) mass is 355 g/mol. The fourth-order valence-corrected chi connectivity index (χ4v) is 2.29. The molecule has 1 aliphatic rings. The van der Waals surface area contributed by atoms with Crippen molar-refractivity contribution < 1.29 is 14.3 Å². The molecule has 0 spiro atoms. The number of carbonyl (C=O) groups excluding carboxylic acids is 2. The number of ether oxygens (including phenoxy) is 1. The van der Waals surface area contributed by atoms with Crippen molar-refractivity contribution in [2.24, 2.45) is 0 Å². The maximum absolute atomic E-state index is 12.0. The molecule has 134 valence electrons. The van der Waals surface area contributed by atoms with E-state index in [1.807, 2.05) is 20.8 Å². The second-order valence-electron chi connectivity index (χ2n) is 6.73. The SMILES string of the molecule is CC(C)(C)NC(=O)c1ccc(NC(=O)CC2CNCCO2)cc1.Cl. The Labute approximate surface area is 149 Å². The summed E-state index contributed by atoms with van der Waals surface area (Å²) in [5, 5.41) is 8.92. The number of hydrogen-bond donors (Lipinski definition) is 3. The van der Waals surface area contributed by atoms with E-state index in [1.165, 1.54) is 0 Å². The van der Waals surface area contributed by atoms with Crippen LogP contribution in [0.4, 0.5) is 5.69 Å². The lowest BCUT2D eigenvalue weighted by Gasteiger charge is -2.23. The fraction of sp³-hybridized carbons (Fsp3) is 0.529. The van der Waals surface area contributed by atoms with Crippen molar-refractivity contribution in [2.45, 2.75) is 38.8 Å². The topological polar surface area (TPSA) is 79.5 Å². The first-order chi connectivity index (χ1) is 10.8. The average Bonchev–Trinajstić information content (AvgIpc) is 2.47. The van der Waals surface area contributed by atoms with Crippen molar-refractivity contribution in [2.75, 3.05) is 25.0 Å². The minimum Gasteiger partial charge on any atom is -0.375 e. The highest BCUT2D eigenvalue weighted by Gasteiger charge is 2.18. The van der Waals surface area contributed by atoms with Gasteiger partial charge in [-0.15, -0.1) is 12.4 Å². The number of carbonyl (C=O) groups is 2. The minimum absolute atomic E-state index is 0. The molecule has 1 aromatic carbocycles. The van der Waals surface area contributed by atoms with Crippen LogP contribution in [-0.2, 0) is 9.53 Å². The predicted octanol–water partition coefficient (Wildman–Crippen LogP) is 1.95. The number of rotatable bonds is 4. The molecule has 0 aromatic heterocycles. The standard InChI is InChI=1S/C17H25N3O3.ClH/c1-17(2,3)20-16(22)12-4-6-13(7-5-12)19-15(21)10-14-11-18-8-9-23-14;/h4-7,14,18H,8-11H2,1-3H3,(H,19,21)(H,20,22);1H. The molecular weight excluding hydrogens is 330 g/mol. The van der Waals surface area contributed by atoms with Gasteiger partial charge in [-0.05, 0) is 45.0 Å². The summed E-state index contributed by atoms with van der Waals surface area (Å²) in [4.78, 5) is 24.0. The Hall–Kier alpha value is -1.63. The lowest BCUT2D eigenvalue weighted by atomic mass is 10.1. The van der Waals surface area contributed by atoms with Gasteiger partial charge < -0.3 is 20.7 Å². The molecule has 1 fully saturated rings. The summed E-state index contributed by atoms with van der Waals surface area (Å²) in [7, 11) is 0. The van der Waals surface area contributed by atoms with Gasteiger partial charge in [0.05, 0.1) is 19.1 Å².